The first-order valence-corrected chi connectivity index (χ1v) is 24.4. The second kappa shape index (κ2) is 17.3. The Balaban J connectivity index is 1.05. The van der Waals surface area contributed by atoms with Gasteiger partial charge in [-0.25, -0.2) is 4.98 Å². The van der Waals surface area contributed by atoms with Crippen LogP contribution in [-0.4, -0.2) is 16.2 Å². The van der Waals surface area contributed by atoms with E-state index >= 15 is 0 Å². The summed E-state index contributed by atoms with van der Waals surface area (Å²) in [6, 6.07) is 65.6. The highest BCUT2D eigenvalue weighted by Crippen LogP contribution is 2.44. The quantitative estimate of drug-likeness (QED) is 0.137. The van der Waals surface area contributed by atoms with Crippen molar-refractivity contribution < 1.29 is 4.74 Å². The fourth-order valence-corrected chi connectivity index (χ4v) is 9.93. The van der Waals surface area contributed by atoms with Crippen LogP contribution in [0.4, 0.5) is 11.4 Å². The van der Waals surface area contributed by atoms with Gasteiger partial charge in [-0.1, -0.05) is 178 Å². The number of anilines is 2. The van der Waals surface area contributed by atoms with Crippen molar-refractivity contribution in [3.63, 3.8) is 0 Å². The van der Waals surface area contributed by atoms with Crippen LogP contribution in [-0.2, 0) is 21.7 Å². The van der Waals surface area contributed by atoms with Crippen LogP contribution < -0.4 is 14.5 Å². The molecule has 0 unspecified atom stereocenters. The van der Waals surface area contributed by atoms with Crippen LogP contribution >= 0.6 is 0 Å². The molecule has 0 radical (unpaired) electrons. The van der Waals surface area contributed by atoms with Crippen molar-refractivity contribution in [2.24, 2.45) is 0 Å². The van der Waals surface area contributed by atoms with Crippen molar-refractivity contribution in [2.45, 2.75) is 90.9 Å². The molecule has 5 nitrogen and oxygen atoms in total. The Hall–Kier alpha value is -7.37. The number of nitrogens with zero attached hydrogens (tertiary/aromatic N) is 4. The number of allylic oxidation sites excluding steroid dienone is 1. The van der Waals surface area contributed by atoms with E-state index in [0.717, 1.165) is 44.8 Å². The topological polar surface area (TPSA) is 33.5 Å². The third kappa shape index (κ3) is 8.72. The Kier molecular flexibility index (Phi) is 11.4. The van der Waals surface area contributed by atoms with Crippen molar-refractivity contribution >= 4 is 33.2 Å². The first kappa shape index (κ1) is 45.4. The van der Waals surface area contributed by atoms with E-state index in [2.05, 4.69) is 272 Å². The number of benzene rings is 7. The standard InChI is InChI=1S/C64H64N4O/c1-61(2,3)49-36-50(62(4,5)6)38-52(37-49)66-42-59(64(9,10)47-25-18-13-19-26-47)67(43-66)51-27-20-28-53(40-51)69-54-30-31-55-56-35-45(44-21-14-11-15-22-44)29-32-57(56)68(58(55)41-54)60-39-48(33-34-65-60)63(7,8)46-23-16-12-17-24-46/h11-42H,43H2,1-10H3. The molecule has 0 spiro atoms. The molecular formula is C64H64N4O. The van der Waals surface area contributed by atoms with Gasteiger partial charge in [-0.3, -0.25) is 4.57 Å². The molecule has 0 saturated heterocycles. The van der Waals surface area contributed by atoms with Gasteiger partial charge in [0.1, 0.15) is 17.3 Å². The molecule has 5 heteroatoms. The Morgan fingerprint density at radius 1 is 0.435 bits per heavy atom. The second-order valence-corrected chi connectivity index (χ2v) is 21.9. The number of rotatable bonds is 10. The van der Waals surface area contributed by atoms with E-state index in [-0.39, 0.29) is 21.7 Å². The summed E-state index contributed by atoms with van der Waals surface area (Å²) in [6.07, 6.45) is 4.32. The first-order chi connectivity index (χ1) is 32.9. The summed E-state index contributed by atoms with van der Waals surface area (Å²) < 4.78 is 9.23. The van der Waals surface area contributed by atoms with E-state index in [1.54, 1.807) is 0 Å². The van der Waals surface area contributed by atoms with Crippen LogP contribution in [0.25, 0.3) is 38.8 Å². The maximum atomic E-state index is 6.93. The third-order valence-electron chi connectivity index (χ3n) is 14.4. The van der Waals surface area contributed by atoms with Crippen LogP contribution in [0, 0.1) is 0 Å². The van der Waals surface area contributed by atoms with Crippen molar-refractivity contribution in [1.82, 2.24) is 9.55 Å². The minimum atomic E-state index is -0.304. The lowest BCUT2D eigenvalue weighted by Crippen LogP contribution is -2.34. The molecule has 7 aromatic carbocycles. The number of fused-ring (bicyclic) bond motifs is 3. The number of pyridine rings is 1. The molecule has 9 aromatic rings. The van der Waals surface area contributed by atoms with Crippen molar-refractivity contribution in [1.29, 1.82) is 0 Å². The molecule has 0 atom stereocenters. The lowest BCUT2D eigenvalue weighted by molar-refractivity contribution is 0.483. The highest BCUT2D eigenvalue weighted by Gasteiger charge is 2.36. The van der Waals surface area contributed by atoms with Crippen LogP contribution in [0.5, 0.6) is 11.5 Å². The van der Waals surface area contributed by atoms with Crippen LogP contribution in [0.2, 0.25) is 0 Å². The fraction of sp³-hybridized carbons (Fsp3) is 0.234. The average molecular weight is 905 g/mol. The number of aromatic nitrogens is 2. The van der Waals surface area contributed by atoms with Gasteiger partial charge in [0.2, 0.25) is 0 Å². The third-order valence-corrected chi connectivity index (χ3v) is 14.4. The molecule has 2 aromatic heterocycles. The summed E-state index contributed by atoms with van der Waals surface area (Å²) in [5, 5.41) is 2.30. The molecule has 0 saturated carbocycles. The zero-order valence-corrected chi connectivity index (χ0v) is 41.9. The second-order valence-electron chi connectivity index (χ2n) is 21.9. The van der Waals surface area contributed by atoms with E-state index in [1.165, 1.54) is 50.3 Å². The summed E-state index contributed by atoms with van der Waals surface area (Å²) in [7, 11) is 0. The highest BCUT2D eigenvalue weighted by atomic mass is 16.5. The maximum Gasteiger partial charge on any atom is 0.137 e. The summed E-state index contributed by atoms with van der Waals surface area (Å²) in [5.74, 6) is 2.39. The van der Waals surface area contributed by atoms with Crippen LogP contribution in [0.3, 0.4) is 0 Å². The van der Waals surface area contributed by atoms with Crippen LogP contribution in [0.15, 0.2) is 200 Å². The molecule has 1 aliphatic heterocycles. The number of ether oxygens (including phenoxy) is 1. The SMILES string of the molecule is CC(C)(C)c1cc(N2C=C(C(C)(C)c3ccccc3)N(c3cccc(Oc4ccc5c6cc(-c7ccccc7)ccc6n(-c6cc(C(C)(C)c7ccccc7)ccn6)c5c4)c3)C2)cc(C(C)(C)C)c1. The summed E-state index contributed by atoms with van der Waals surface area (Å²) in [5.41, 5.74) is 13.8. The minimum Gasteiger partial charge on any atom is -0.457 e. The van der Waals surface area contributed by atoms with E-state index < -0.39 is 0 Å². The van der Waals surface area contributed by atoms with Crippen molar-refractivity contribution in [3.8, 4) is 28.4 Å². The van der Waals surface area contributed by atoms with E-state index in [1.807, 2.05) is 6.20 Å². The molecular weight excluding hydrogens is 841 g/mol. The first-order valence-electron chi connectivity index (χ1n) is 24.4. The minimum absolute atomic E-state index is 0.000735. The summed E-state index contributed by atoms with van der Waals surface area (Å²) in [4.78, 5) is 9.94. The predicted molar refractivity (Wildman–Crippen MR) is 290 cm³/mol. The van der Waals surface area contributed by atoms with Gasteiger partial charge in [-0.2, -0.15) is 0 Å². The predicted octanol–water partition coefficient (Wildman–Crippen LogP) is 16.7. The normalized spacial score (nSPS) is 13.6. The molecule has 0 amide bonds. The summed E-state index contributed by atoms with van der Waals surface area (Å²) in [6.45, 7) is 23.7. The Morgan fingerprint density at radius 3 is 1.71 bits per heavy atom. The van der Waals surface area contributed by atoms with Crippen molar-refractivity contribution in [2.75, 3.05) is 16.5 Å². The van der Waals surface area contributed by atoms with Gasteiger partial charge >= 0.3 is 0 Å². The Morgan fingerprint density at radius 2 is 1.06 bits per heavy atom. The van der Waals surface area contributed by atoms with Crippen LogP contribution in [0.1, 0.15) is 97.1 Å². The number of hydrogen-bond donors (Lipinski definition) is 0. The molecule has 0 aliphatic carbocycles. The smallest absolute Gasteiger partial charge is 0.137 e. The van der Waals surface area contributed by atoms with Gasteiger partial charge in [-0.05, 0) is 110 Å². The molecule has 0 bridgehead atoms. The molecule has 346 valence electrons. The van der Waals surface area contributed by atoms with Gasteiger partial charge in [0.05, 0.1) is 17.7 Å². The fourth-order valence-electron chi connectivity index (χ4n) is 9.93. The van der Waals surface area contributed by atoms with Gasteiger partial charge in [-0.15, -0.1) is 0 Å². The highest BCUT2D eigenvalue weighted by molar-refractivity contribution is 6.10. The molecule has 1 aliphatic rings. The largest absolute Gasteiger partial charge is 0.457 e. The summed E-state index contributed by atoms with van der Waals surface area (Å²) >= 11 is 0. The lowest BCUT2D eigenvalue weighted by Gasteiger charge is -2.34. The van der Waals surface area contributed by atoms with Gasteiger partial charge < -0.3 is 14.5 Å². The molecule has 69 heavy (non-hydrogen) atoms. The maximum absolute atomic E-state index is 6.93. The molecule has 10 rings (SSSR count). The van der Waals surface area contributed by atoms with Crippen molar-refractivity contribution in [3.05, 3.63) is 228 Å². The number of hydrogen-bond acceptors (Lipinski definition) is 4. The zero-order chi connectivity index (χ0) is 48.3. The molecule has 0 N–H and O–H groups in total. The van der Waals surface area contributed by atoms with Gasteiger partial charge in [0.15, 0.2) is 0 Å². The van der Waals surface area contributed by atoms with E-state index in [9.17, 15) is 0 Å². The Bertz CT molecular complexity index is 3320. The van der Waals surface area contributed by atoms with E-state index in [0.29, 0.717) is 6.67 Å². The van der Waals surface area contributed by atoms with Gasteiger partial charge in [0, 0.05) is 63.2 Å². The Labute approximate surface area is 409 Å². The average Bonchev–Trinajstić information content (AvgIpc) is 3.95. The monoisotopic (exact) mass is 905 g/mol. The lowest BCUT2D eigenvalue weighted by atomic mass is 9.78. The van der Waals surface area contributed by atoms with Gasteiger partial charge in [0.25, 0.3) is 0 Å². The van der Waals surface area contributed by atoms with E-state index in [4.69, 9.17) is 9.72 Å². The molecule has 0 fully saturated rings. The molecule has 3 heterocycles. The zero-order valence-electron chi connectivity index (χ0n) is 41.9.